The summed E-state index contributed by atoms with van der Waals surface area (Å²) in [5, 5.41) is 0. The summed E-state index contributed by atoms with van der Waals surface area (Å²) in [6, 6.07) is 14.7. The molecule has 1 fully saturated rings. The molecule has 0 amide bonds. The first-order valence-corrected chi connectivity index (χ1v) is 8.41. The summed E-state index contributed by atoms with van der Waals surface area (Å²) in [5.74, 6) is -1.32. The maximum Gasteiger partial charge on any atom is 0.348 e. The Morgan fingerprint density at radius 2 is 1.67 bits per heavy atom. The summed E-state index contributed by atoms with van der Waals surface area (Å²) >= 11 is 0. The number of methoxy groups -OCH3 is 1. The first-order valence-electron chi connectivity index (χ1n) is 8.41. The van der Waals surface area contributed by atoms with Gasteiger partial charge >= 0.3 is 11.9 Å². The lowest BCUT2D eigenvalue weighted by molar-refractivity contribution is -0.222. The first kappa shape index (κ1) is 18.5. The van der Waals surface area contributed by atoms with Crippen LogP contribution in [0.4, 0.5) is 0 Å². The number of hydrogen-bond donors (Lipinski definition) is 0. The molecule has 1 aliphatic heterocycles. The van der Waals surface area contributed by atoms with Crippen LogP contribution in [0, 0.1) is 0 Å². The summed E-state index contributed by atoms with van der Waals surface area (Å²) in [6.07, 6.45) is 1.44. The minimum Gasteiger partial charge on any atom is -0.496 e. The largest absolute Gasteiger partial charge is 0.496 e. The second kappa shape index (κ2) is 7.53. The molecule has 140 valence electrons. The van der Waals surface area contributed by atoms with E-state index in [4.69, 9.17) is 18.9 Å². The Bertz CT molecular complexity index is 861. The lowest BCUT2D eigenvalue weighted by Crippen LogP contribution is -2.41. The topological polar surface area (TPSA) is 71.1 Å². The molecule has 1 aliphatic rings. The van der Waals surface area contributed by atoms with Crippen molar-refractivity contribution in [1.82, 2.24) is 0 Å². The molecule has 0 radical (unpaired) electrons. The number of carbonyl (C=O) groups excluding carboxylic acids is 2. The Hall–Kier alpha value is -3.28. The molecule has 0 spiro atoms. The molecule has 2 aromatic carbocycles. The number of esters is 2. The van der Waals surface area contributed by atoms with Gasteiger partial charge in [0.2, 0.25) is 0 Å². The number of benzene rings is 2. The molecule has 1 saturated heterocycles. The Kier molecular flexibility index (Phi) is 5.16. The molecule has 3 rings (SSSR count). The van der Waals surface area contributed by atoms with Gasteiger partial charge in [0.05, 0.1) is 7.11 Å². The standard InChI is InChI=1S/C21H20O6/c1-21(2)26-19(22)17(20(23)27-21)12-14-9-10-18(24-3)15(11-14)13-25-16-7-5-4-6-8-16/h4-12H,13H2,1-3H3. The summed E-state index contributed by atoms with van der Waals surface area (Å²) in [5.41, 5.74) is 1.24. The monoisotopic (exact) mass is 368 g/mol. The lowest BCUT2D eigenvalue weighted by atomic mass is 10.1. The third-order valence-corrected chi connectivity index (χ3v) is 3.87. The van der Waals surface area contributed by atoms with Crippen LogP contribution in [-0.2, 0) is 25.7 Å². The van der Waals surface area contributed by atoms with Gasteiger partial charge in [-0.15, -0.1) is 0 Å². The van der Waals surface area contributed by atoms with Crippen LogP contribution in [0.3, 0.4) is 0 Å². The van der Waals surface area contributed by atoms with Gasteiger partial charge in [0.15, 0.2) is 0 Å². The van der Waals surface area contributed by atoms with Crippen LogP contribution in [0.5, 0.6) is 11.5 Å². The van der Waals surface area contributed by atoms with E-state index in [1.807, 2.05) is 30.3 Å². The third kappa shape index (κ3) is 4.47. The van der Waals surface area contributed by atoms with Gasteiger partial charge in [-0.3, -0.25) is 0 Å². The second-order valence-electron chi connectivity index (χ2n) is 6.41. The van der Waals surface area contributed by atoms with Crippen molar-refractivity contribution in [1.29, 1.82) is 0 Å². The molecule has 0 aromatic heterocycles. The Morgan fingerprint density at radius 3 is 2.30 bits per heavy atom. The zero-order valence-corrected chi connectivity index (χ0v) is 15.4. The molecule has 2 aromatic rings. The quantitative estimate of drug-likeness (QED) is 0.457. The molecular weight excluding hydrogens is 348 g/mol. The molecule has 0 saturated carbocycles. The van der Waals surface area contributed by atoms with E-state index in [0.29, 0.717) is 11.3 Å². The average Bonchev–Trinajstić information content (AvgIpc) is 2.63. The molecule has 0 aliphatic carbocycles. The van der Waals surface area contributed by atoms with Gasteiger partial charge in [0, 0.05) is 19.4 Å². The van der Waals surface area contributed by atoms with Gasteiger partial charge in [0.25, 0.3) is 5.79 Å². The average molecular weight is 368 g/mol. The molecule has 0 unspecified atom stereocenters. The number of cyclic esters (lactones) is 2. The van der Waals surface area contributed by atoms with Crippen LogP contribution in [0.15, 0.2) is 54.1 Å². The van der Waals surface area contributed by atoms with Crippen LogP contribution < -0.4 is 9.47 Å². The molecule has 1 heterocycles. The number of carbonyl (C=O) groups is 2. The van der Waals surface area contributed by atoms with Crippen molar-refractivity contribution in [3.8, 4) is 11.5 Å². The minimum atomic E-state index is -1.26. The van der Waals surface area contributed by atoms with E-state index < -0.39 is 17.7 Å². The van der Waals surface area contributed by atoms with Gasteiger partial charge in [-0.25, -0.2) is 9.59 Å². The third-order valence-electron chi connectivity index (χ3n) is 3.87. The van der Waals surface area contributed by atoms with E-state index in [1.54, 1.807) is 25.3 Å². The van der Waals surface area contributed by atoms with Gasteiger partial charge in [-0.2, -0.15) is 0 Å². The summed E-state index contributed by atoms with van der Waals surface area (Å²) in [4.78, 5) is 24.2. The van der Waals surface area contributed by atoms with E-state index in [9.17, 15) is 9.59 Å². The molecule has 0 bridgehead atoms. The Labute approximate surface area is 157 Å². The fraction of sp³-hybridized carbons (Fsp3) is 0.238. The summed E-state index contributed by atoms with van der Waals surface area (Å²) < 4.78 is 21.3. The van der Waals surface area contributed by atoms with Gasteiger partial charge in [0.1, 0.15) is 23.7 Å². The molecule has 27 heavy (non-hydrogen) atoms. The van der Waals surface area contributed by atoms with Crippen molar-refractivity contribution in [3.05, 3.63) is 65.2 Å². The summed E-state index contributed by atoms with van der Waals surface area (Å²) in [7, 11) is 1.57. The van der Waals surface area contributed by atoms with E-state index in [0.717, 1.165) is 11.3 Å². The number of hydrogen-bond acceptors (Lipinski definition) is 6. The predicted molar refractivity (Wildman–Crippen MR) is 98.0 cm³/mol. The van der Waals surface area contributed by atoms with E-state index in [1.165, 1.54) is 19.9 Å². The maximum absolute atomic E-state index is 12.1. The predicted octanol–water partition coefficient (Wildman–Crippen LogP) is 3.49. The van der Waals surface area contributed by atoms with Crippen molar-refractivity contribution < 1.29 is 28.5 Å². The lowest BCUT2D eigenvalue weighted by Gasteiger charge is -2.29. The van der Waals surface area contributed by atoms with E-state index >= 15 is 0 Å². The Balaban J connectivity index is 1.84. The SMILES string of the molecule is COc1ccc(C=C2C(=O)OC(C)(C)OC2=O)cc1COc1ccccc1. The molecule has 6 heteroatoms. The normalized spacial score (nSPS) is 15.6. The molecule has 0 atom stereocenters. The van der Waals surface area contributed by atoms with Crippen LogP contribution >= 0.6 is 0 Å². The van der Waals surface area contributed by atoms with Crippen LogP contribution in [0.25, 0.3) is 6.08 Å². The fourth-order valence-electron chi connectivity index (χ4n) is 2.62. The highest BCUT2D eigenvalue weighted by Crippen LogP contribution is 2.27. The van der Waals surface area contributed by atoms with Crippen molar-refractivity contribution in [2.45, 2.75) is 26.2 Å². The molecular formula is C21H20O6. The van der Waals surface area contributed by atoms with Crippen LogP contribution in [0.1, 0.15) is 25.0 Å². The summed E-state index contributed by atoms with van der Waals surface area (Å²) in [6.45, 7) is 3.28. The molecule has 6 nitrogen and oxygen atoms in total. The smallest absolute Gasteiger partial charge is 0.348 e. The van der Waals surface area contributed by atoms with Crippen molar-refractivity contribution >= 4 is 18.0 Å². The molecule has 0 N–H and O–H groups in total. The number of para-hydroxylation sites is 1. The Morgan fingerprint density at radius 1 is 1.00 bits per heavy atom. The zero-order chi connectivity index (χ0) is 19.4. The van der Waals surface area contributed by atoms with Gasteiger partial charge in [-0.1, -0.05) is 24.3 Å². The first-order chi connectivity index (χ1) is 12.9. The minimum absolute atomic E-state index is 0.158. The highest BCUT2D eigenvalue weighted by molar-refractivity contribution is 6.18. The van der Waals surface area contributed by atoms with Crippen molar-refractivity contribution in [2.24, 2.45) is 0 Å². The van der Waals surface area contributed by atoms with E-state index in [-0.39, 0.29) is 12.2 Å². The van der Waals surface area contributed by atoms with Gasteiger partial charge in [-0.05, 0) is 35.9 Å². The fourth-order valence-corrected chi connectivity index (χ4v) is 2.62. The van der Waals surface area contributed by atoms with Crippen molar-refractivity contribution in [2.75, 3.05) is 7.11 Å². The van der Waals surface area contributed by atoms with Crippen LogP contribution in [0.2, 0.25) is 0 Å². The highest BCUT2D eigenvalue weighted by atomic mass is 16.7. The maximum atomic E-state index is 12.1. The van der Waals surface area contributed by atoms with Crippen LogP contribution in [-0.4, -0.2) is 24.8 Å². The van der Waals surface area contributed by atoms with Gasteiger partial charge < -0.3 is 18.9 Å². The highest BCUT2D eigenvalue weighted by Gasteiger charge is 2.38. The van der Waals surface area contributed by atoms with E-state index in [2.05, 4.69) is 0 Å². The zero-order valence-electron chi connectivity index (χ0n) is 15.4. The number of rotatable bonds is 5. The second-order valence-corrected chi connectivity index (χ2v) is 6.41. The number of ether oxygens (including phenoxy) is 4. The van der Waals surface area contributed by atoms with Crippen molar-refractivity contribution in [3.63, 3.8) is 0 Å².